The number of carbonyl (C=O) groups excluding carboxylic acids is 2. The fourth-order valence-corrected chi connectivity index (χ4v) is 6.16. The molecular formula is C30H34FN3O4S. The molecule has 9 heteroatoms. The number of anilines is 1. The molecule has 1 N–H and O–H groups in total. The van der Waals surface area contributed by atoms with E-state index in [9.17, 15) is 22.4 Å². The average Bonchev–Trinajstić information content (AvgIpc) is 3.45. The molecule has 0 spiro atoms. The summed E-state index contributed by atoms with van der Waals surface area (Å²) in [6.07, 6.45) is 3.90. The van der Waals surface area contributed by atoms with Crippen LogP contribution in [0.1, 0.15) is 43.7 Å². The highest BCUT2D eigenvalue weighted by Gasteiger charge is 2.33. The quantitative estimate of drug-likeness (QED) is 0.392. The summed E-state index contributed by atoms with van der Waals surface area (Å²) in [4.78, 5) is 28.5. The van der Waals surface area contributed by atoms with Crippen molar-refractivity contribution in [3.8, 4) is 0 Å². The van der Waals surface area contributed by atoms with Gasteiger partial charge in [0.2, 0.25) is 11.8 Å². The summed E-state index contributed by atoms with van der Waals surface area (Å²) in [6, 6.07) is 19.6. The maximum atomic E-state index is 13.9. The first kappa shape index (κ1) is 28.3. The molecule has 7 nitrogen and oxygen atoms in total. The summed E-state index contributed by atoms with van der Waals surface area (Å²) < 4.78 is 42.0. The van der Waals surface area contributed by atoms with Crippen LogP contribution in [0.4, 0.5) is 10.1 Å². The van der Waals surface area contributed by atoms with Crippen LogP contribution in [-0.4, -0.2) is 43.8 Å². The molecule has 206 valence electrons. The van der Waals surface area contributed by atoms with Crippen molar-refractivity contribution in [2.75, 3.05) is 10.8 Å². The highest BCUT2D eigenvalue weighted by molar-refractivity contribution is 7.92. The van der Waals surface area contributed by atoms with Crippen LogP contribution >= 0.6 is 0 Å². The molecule has 4 rings (SSSR count). The first-order valence-electron chi connectivity index (χ1n) is 13.1. The van der Waals surface area contributed by atoms with Crippen LogP contribution in [0.2, 0.25) is 0 Å². The number of nitrogens with zero attached hydrogens (tertiary/aromatic N) is 2. The van der Waals surface area contributed by atoms with Crippen LogP contribution in [0.25, 0.3) is 0 Å². The van der Waals surface area contributed by atoms with Crippen molar-refractivity contribution in [2.45, 2.75) is 63.1 Å². The average molecular weight is 552 g/mol. The monoisotopic (exact) mass is 551 g/mol. The van der Waals surface area contributed by atoms with Gasteiger partial charge in [-0.1, -0.05) is 60.9 Å². The largest absolute Gasteiger partial charge is 0.352 e. The van der Waals surface area contributed by atoms with Crippen LogP contribution in [0, 0.1) is 12.7 Å². The van der Waals surface area contributed by atoms with Crippen molar-refractivity contribution in [3.05, 3.63) is 95.8 Å². The number of sulfonamides is 1. The van der Waals surface area contributed by atoms with Gasteiger partial charge in [0.05, 0.1) is 10.6 Å². The van der Waals surface area contributed by atoms with Gasteiger partial charge in [-0.15, -0.1) is 0 Å². The number of hydrogen-bond acceptors (Lipinski definition) is 4. The molecule has 1 aliphatic rings. The maximum absolute atomic E-state index is 13.9. The molecular weight excluding hydrogens is 517 g/mol. The van der Waals surface area contributed by atoms with Crippen molar-refractivity contribution < 1.29 is 22.4 Å². The Labute approximate surface area is 229 Å². The molecule has 3 aromatic carbocycles. The molecule has 0 aromatic heterocycles. The molecule has 3 aromatic rings. The number of nitrogens with one attached hydrogen (secondary N) is 1. The SMILES string of the molecule is Cc1ccc(CN(C(=O)CN(c2ccc(F)cc2)S(=O)(=O)c2ccccc2)C(C)C(=O)NC2CCCC2)cc1. The second-order valence-corrected chi connectivity index (χ2v) is 11.8. The van der Waals surface area contributed by atoms with E-state index in [1.165, 1.54) is 29.2 Å². The molecule has 0 aliphatic heterocycles. The number of aryl methyl sites for hydroxylation is 1. The number of rotatable bonds is 10. The second kappa shape index (κ2) is 12.4. The van der Waals surface area contributed by atoms with E-state index in [-0.39, 0.29) is 29.1 Å². The predicted octanol–water partition coefficient (Wildman–Crippen LogP) is 4.81. The zero-order valence-corrected chi connectivity index (χ0v) is 23.0. The van der Waals surface area contributed by atoms with Crippen LogP contribution in [0.3, 0.4) is 0 Å². The number of benzene rings is 3. The summed E-state index contributed by atoms with van der Waals surface area (Å²) in [5.41, 5.74) is 2.01. The van der Waals surface area contributed by atoms with Gasteiger partial charge in [-0.3, -0.25) is 13.9 Å². The van der Waals surface area contributed by atoms with Gasteiger partial charge in [-0.25, -0.2) is 12.8 Å². The maximum Gasteiger partial charge on any atom is 0.264 e. The van der Waals surface area contributed by atoms with E-state index in [4.69, 9.17) is 0 Å². The van der Waals surface area contributed by atoms with Crippen molar-refractivity contribution in [1.82, 2.24) is 10.2 Å². The molecule has 1 saturated carbocycles. The topological polar surface area (TPSA) is 86.8 Å². The van der Waals surface area contributed by atoms with Crippen molar-refractivity contribution in [2.24, 2.45) is 0 Å². The van der Waals surface area contributed by atoms with Gasteiger partial charge in [0.25, 0.3) is 10.0 Å². The standard InChI is InChI=1S/C30H34FN3O4S/c1-22-12-14-24(15-13-22)20-33(23(2)30(36)32-26-8-6-7-9-26)29(35)21-34(27-18-16-25(31)17-19-27)39(37,38)28-10-4-3-5-11-28/h3-5,10-19,23,26H,6-9,20-21H2,1-2H3,(H,32,36). The zero-order chi connectivity index (χ0) is 28.0. The van der Waals surface area contributed by atoms with E-state index in [0.717, 1.165) is 53.2 Å². The molecule has 1 fully saturated rings. The fourth-order valence-electron chi connectivity index (χ4n) is 4.72. The smallest absolute Gasteiger partial charge is 0.264 e. The second-order valence-electron chi connectivity index (χ2n) is 9.97. The number of hydrogen-bond donors (Lipinski definition) is 1. The Morgan fingerprint density at radius 3 is 2.18 bits per heavy atom. The molecule has 39 heavy (non-hydrogen) atoms. The first-order chi connectivity index (χ1) is 18.6. The zero-order valence-electron chi connectivity index (χ0n) is 22.2. The van der Waals surface area contributed by atoms with Crippen LogP contribution in [-0.2, 0) is 26.2 Å². The molecule has 0 heterocycles. The number of carbonyl (C=O) groups is 2. The molecule has 1 atom stereocenters. The summed E-state index contributed by atoms with van der Waals surface area (Å²) in [5.74, 6) is -1.35. The van der Waals surface area contributed by atoms with E-state index >= 15 is 0 Å². The minimum atomic E-state index is -4.18. The molecule has 1 aliphatic carbocycles. The van der Waals surface area contributed by atoms with Gasteiger partial charge in [0, 0.05) is 12.6 Å². The highest BCUT2D eigenvalue weighted by Crippen LogP contribution is 2.25. The van der Waals surface area contributed by atoms with E-state index < -0.39 is 34.3 Å². The third kappa shape index (κ3) is 7.03. The van der Waals surface area contributed by atoms with E-state index in [2.05, 4.69) is 5.32 Å². The van der Waals surface area contributed by atoms with Gasteiger partial charge in [-0.2, -0.15) is 0 Å². The lowest BCUT2D eigenvalue weighted by molar-refractivity contribution is -0.139. The van der Waals surface area contributed by atoms with E-state index in [1.54, 1.807) is 25.1 Å². The molecule has 0 bridgehead atoms. The normalized spacial score (nSPS) is 14.5. The van der Waals surface area contributed by atoms with Crippen LogP contribution in [0.5, 0.6) is 0 Å². The van der Waals surface area contributed by atoms with Crippen LogP contribution < -0.4 is 9.62 Å². The van der Waals surface area contributed by atoms with E-state index in [0.29, 0.717) is 0 Å². The molecule has 0 radical (unpaired) electrons. The summed E-state index contributed by atoms with van der Waals surface area (Å²) in [7, 11) is -4.18. The highest BCUT2D eigenvalue weighted by atomic mass is 32.2. The van der Waals surface area contributed by atoms with Crippen molar-refractivity contribution in [1.29, 1.82) is 0 Å². The van der Waals surface area contributed by atoms with Gasteiger partial charge >= 0.3 is 0 Å². The van der Waals surface area contributed by atoms with Crippen LogP contribution in [0.15, 0.2) is 83.8 Å². The lowest BCUT2D eigenvalue weighted by Crippen LogP contribution is -2.52. The number of amides is 2. The van der Waals surface area contributed by atoms with Gasteiger partial charge in [0.15, 0.2) is 0 Å². The summed E-state index contributed by atoms with van der Waals surface area (Å²) >= 11 is 0. The lowest BCUT2D eigenvalue weighted by atomic mass is 10.1. The first-order valence-corrected chi connectivity index (χ1v) is 14.6. The van der Waals surface area contributed by atoms with Gasteiger partial charge in [-0.05, 0) is 68.7 Å². The fraction of sp³-hybridized carbons (Fsp3) is 0.333. The molecule has 0 saturated heterocycles. The lowest BCUT2D eigenvalue weighted by Gasteiger charge is -2.32. The molecule has 1 unspecified atom stereocenters. The Morgan fingerprint density at radius 1 is 0.949 bits per heavy atom. The predicted molar refractivity (Wildman–Crippen MR) is 149 cm³/mol. The third-order valence-corrected chi connectivity index (χ3v) is 8.86. The third-order valence-electron chi connectivity index (χ3n) is 7.07. The van der Waals surface area contributed by atoms with Gasteiger partial charge < -0.3 is 10.2 Å². The Hall–Kier alpha value is -3.72. The minimum Gasteiger partial charge on any atom is -0.352 e. The Morgan fingerprint density at radius 2 is 1.56 bits per heavy atom. The molecule has 2 amide bonds. The van der Waals surface area contributed by atoms with Crippen molar-refractivity contribution in [3.63, 3.8) is 0 Å². The Balaban J connectivity index is 1.66. The number of halogens is 1. The summed E-state index contributed by atoms with van der Waals surface area (Å²) in [5, 5.41) is 3.05. The van der Waals surface area contributed by atoms with E-state index in [1.807, 2.05) is 31.2 Å². The summed E-state index contributed by atoms with van der Waals surface area (Å²) in [6.45, 7) is 3.18. The Bertz CT molecular complexity index is 1370. The van der Waals surface area contributed by atoms with Crippen molar-refractivity contribution >= 4 is 27.5 Å². The minimum absolute atomic E-state index is 0.000709. The van der Waals surface area contributed by atoms with Gasteiger partial charge in [0.1, 0.15) is 18.4 Å². The Kier molecular flexibility index (Phi) is 9.01.